The van der Waals surface area contributed by atoms with Gasteiger partial charge >= 0.3 is 5.97 Å². The molecule has 0 radical (unpaired) electrons. The van der Waals surface area contributed by atoms with E-state index in [4.69, 9.17) is 4.74 Å². The summed E-state index contributed by atoms with van der Waals surface area (Å²) in [5.74, 6) is -0.413. The molecule has 0 aliphatic rings. The first kappa shape index (κ1) is 15.6. The Balaban J connectivity index is 2.61. The summed E-state index contributed by atoms with van der Waals surface area (Å²) in [4.78, 5) is 12.0. The van der Waals surface area contributed by atoms with Gasteiger partial charge < -0.3 is 4.74 Å². The summed E-state index contributed by atoms with van der Waals surface area (Å²) in [7, 11) is -3.56. The van der Waals surface area contributed by atoms with E-state index < -0.39 is 16.0 Å². The molecular weight excluding hydrogens is 342 g/mol. The van der Waals surface area contributed by atoms with E-state index in [1.165, 1.54) is 11.3 Å². The molecule has 0 aliphatic heterocycles. The first-order chi connectivity index (χ1) is 8.36. The molecule has 1 rings (SSSR count). The number of ether oxygens (including phenoxy) is 1. The standard InChI is InChI=1S/C10H14BrNO4S2/c1-3-16-10(13)4-5-12-18(14,15)8-6-9(11)17-7(8)2/h6,12H,3-5H2,1-2H3. The van der Waals surface area contributed by atoms with Gasteiger partial charge in [-0.05, 0) is 35.8 Å². The zero-order chi connectivity index (χ0) is 13.8. The second-order valence-electron chi connectivity index (χ2n) is 3.42. The molecule has 0 unspecified atom stereocenters. The number of nitrogens with one attached hydrogen (secondary N) is 1. The highest BCUT2D eigenvalue weighted by atomic mass is 79.9. The van der Waals surface area contributed by atoms with Crippen LogP contribution in [0.25, 0.3) is 0 Å². The van der Waals surface area contributed by atoms with E-state index in [2.05, 4.69) is 20.7 Å². The van der Waals surface area contributed by atoms with Crippen LogP contribution in [0.4, 0.5) is 0 Å². The minimum Gasteiger partial charge on any atom is -0.466 e. The molecule has 0 amide bonds. The molecule has 0 spiro atoms. The fourth-order valence-electron chi connectivity index (χ4n) is 1.30. The molecule has 1 heterocycles. The van der Waals surface area contributed by atoms with Crippen molar-refractivity contribution in [1.82, 2.24) is 4.72 Å². The number of hydrogen-bond donors (Lipinski definition) is 1. The van der Waals surface area contributed by atoms with Crippen LogP contribution in [0.15, 0.2) is 14.7 Å². The SMILES string of the molecule is CCOC(=O)CCNS(=O)(=O)c1cc(Br)sc1C. The van der Waals surface area contributed by atoms with Gasteiger partial charge in [-0.25, -0.2) is 13.1 Å². The molecule has 1 aromatic rings. The van der Waals surface area contributed by atoms with Crippen molar-refractivity contribution < 1.29 is 17.9 Å². The molecular formula is C10H14BrNO4S2. The van der Waals surface area contributed by atoms with E-state index in [9.17, 15) is 13.2 Å². The van der Waals surface area contributed by atoms with Gasteiger partial charge in [-0.2, -0.15) is 0 Å². The number of hydrogen-bond acceptors (Lipinski definition) is 5. The molecule has 0 atom stereocenters. The molecule has 0 fully saturated rings. The Bertz CT molecular complexity index is 524. The average molecular weight is 356 g/mol. The van der Waals surface area contributed by atoms with Gasteiger partial charge in [-0.15, -0.1) is 11.3 Å². The molecule has 0 bridgehead atoms. The fourth-order valence-corrected chi connectivity index (χ4v) is 4.74. The van der Waals surface area contributed by atoms with Gasteiger partial charge in [0.1, 0.15) is 0 Å². The molecule has 1 N–H and O–H groups in total. The predicted molar refractivity (Wildman–Crippen MR) is 73.2 cm³/mol. The van der Waals surface area contributed by atoms with E-state index >= 15 is 0 Å². The summed E-state index contributed by atoms with van der Waals surface area (Å²) in [5, 5.41) is 0. The molecule has 102 valence electrons. The van der Waals surface area contributed by atoms with Crippen LogP contribution in [0.3, 0.4) is 0 Å². The number of esters is 1. The Morgan fingerprint density at radius 1 is 1.56 bits per heavy atom. The van der Waals surface area contributed by atoms with Gasteiger partial charge in [0.15, 0.2) is 0 Å². The lowest BCUT2D eigenvalue weighted by Crippen LogP contribution is -2.26. The third kappa shape index (κ3) is 4.34. The zero-order valence-electron chi connectivity index (χ0n) is 10.0. The summed E-state index contributed by atoms with van der Waals surface area (Å²) in [6.07, 6.45) is 0.0252. The Morgan fingerprint density at radius 3 is 2.72 bits per heavy atom. The van der Waals surface area contributed by atoms with E-state index in [-0.39, 0.29) is 17.9 Å². The van der Waals surface area contributed by atoms with Crippen molar-refractivity contribution in [3.05, 3.63) is 14.7 Å². The normalized spacial score (nSPS) is 11.5. The lowest BCUT2D eigenvalue weighted by atomic mass is 10.4. The van der Waals surface area contributed by atoms with Crippen LogP contribution in [0.1, 0.15) is 18.2 Å². The highest BCUT2D eigenvalue weighted by molar-refractivity contribution is 9.11. The van der Waals surface area contributed by atoms with E-state index in [0.29, 0.717) is 11.5 Å². The second-order valence-corrected chi connectivity index (χ2v) is 7.79. The number of aryl methyl sites for hydroxylation is 1. The van der Waals surface area contributed by atoms with Crippen LogP contribution in [0.2, 0.25) is 0 Å². The third-order valence-corrected chi connectivity index (χ3v) is 5.33. The molecule has 0 aliphatic carbocycles. The van der Waals surface area contributed by atoms with E-state index in [1.807, 2.05) is 0 Å². The summed E-state index contributed by atoms with van der Waals surface area (Å²) in [6.45, 7) is 3.76. The predicted octanol–water partition coefficient (Wildman–Crippen LogP) is 2.05. The van der Waals surface area contributed by atoms with Gasteiger partial charge in [-0.3, -0.25) is 4.79 Å². The summed E-state index contributed by atoms with van der Waals surface area (Å²) < 4.78 is 31.7. The maximum atomic E-state index is 11.9. The van der Waals surface area contributed by atoms with E-state index in [1.54, 1.807) is 19.9 Å². The van der Waals surface area contributed by atoms with Gasteiger partial charge in [-0.1, -0.05) is 0 Å². The third-order valence-electron chi connectivity index (χ3n) is 2.06. The number of halogens is 1. The van der Waals surface area contributed by atoms with Gasteiger partial charge in [0.2, 0.25) is 10.0 Å². The average Bonchev–Trinajstić information content (AvgIpc) is 2.58. The van der Waals surface area contributed by atoms with Gasteiger partial charge in [0.25, 0.3) is 0 Å². The number of sulfonamides is 1. The Morgan fingerprint density at radius 2 is 2.22 bits per heavy atom. The number of rotatable bonds is 6. The quantitative estimate of drug-likeness (QED) is 0.792. The molecule has 18 heavy (non-hydrogen) atoms. The second kappa shape index (κ2) is 6.65. The topological polar surface area (TPSA) is 72.5 Å². The fraction of sp³-hybridized carbons (Fsp3) is 0.500. The van der Waals surface area contributed by atoms with Crippen LogP contribution in [-0.4, -0.2) is 27.5 Å². The van der Waals surface area contributed by atoms with Crippen LogP contribution in [-0.2, 0) is 19.6 Å². The summed E-state index contributed by atoms with van der Waals surface area (Å²) in [6, 6.07) is 1.55. The maximum absolute atomic E-state index is 11.9. The minimum atomic E-state index is -3.56. The Labute approximate surface area is 119 Å². The summed E-state index contributed by atoms with van der Waals surface area (Å²) in [5.41, 5.74) is 0. The van der Waals surface area contributed by atoms with E-state index in [0.717, 1.165) is 3.79 Å². The van der Waals surface area contributed by atoms with Crippen LogP contribution < -0.4 is 4.72 Å². The Kier molecular flexibility index (Phi) is 5.77. The molecule has 0 saturated carbocycles. The molecule has 0 saturated heterocycles. The van der Waals surface area contributed by atoms with Gasteiger partial charge in [0, 0.05) is 11.4 Å². The number of carbonyl (C=O) groups excluding carboxylic acids is 1. The lowest BCUT2D eigenvalue weighted by molar-refractivity contribution is -0.142. The monoisotopic (exact) mass is 355 g/mol. The summed E-state index contributed by atoms with van der Waals surface area (Å²) >= 11 is 4.59. The largest absolute Gasteiger partial charge is 0.466 e. The first-order valence-electron chi connectivity index (χ1n) is 5.28. The van der Waals surface area contributed by atoms with Gasteiger partial charge in [0.05, 0.1) is 21.7 Å². The van der Waals surface area contributed by atoms with Crippen LogP contribution >= 0.6 is 27.3 Å². The number of carbonyl (C=O) groups is 1. The molecule has 0 aromatic carbocycles. The maximum Gasteiger partial charge on any atom is 0.307 e. The van der Waals surface area contributed by atoms with Crippen LogP contribution in [0, 0.1) is 6.92 Å². The Hall–Kier alpha value is -0.440. The first-order valence-corrected chi connectivity index (χ1v) is 8.37. The highest BCUT2D eigenvalue weighted by Crippen LogP contribution is 2.29. The highest BCUT2D eigenvalue weighted by Gasteiger charge is 2.19. The van der Waals surface area contributed by atoms with Crippen molar-refractivity contribution in [1.29, 1.82) is 0 Å². The molecule has 8 heteroatoms. The molecule has 1 aromatic heterocycles. The zero-order valence-corrected chi connectivity index (χ0v) is 13.2. The van der Waals surface area contributed by atoms with Crippen molar-refractivity contribution >= 4 is 43.3 Å². The minimum absolute atomic E-state index is 0.0252. The lowest BCUT2D eigenvalue weighted by Gasteiger charge is -2.05. The molecule has 5 nitrogen and oxygen atoms in total. The van der Waals surface area contributed by atoms with Crippen molar-refractivity contribution in [3.8, 4) is 0 Å². The van der Waals surface area contributed by atoms with Crippen molar-refractivity contribution in [2.75, 3.05) is 13.2 Å². The number of thiophene rings is 1. The van der Waals surface area contributed by atoms with Crippen molar-refractivity contribution in [2.45, 2.75) is 25.2 Å². The van der Waals surface area contributed by atoms with Crippen molar-refractivity contribution in [2.24, 2.45) is 0 Å². The van der Waals surface area contributed by atoms with Crippen molar-refractivity contribution in [3.63, 3.8) is 0 Å². The van der Waals surface area contributed by atoms with Crippen LogP contribution in [0.5, 0.6) is 0 Å². The smallest absolute Gasteiger partial charge is 0.307 e.